The molecule has 6 heteroatoms. The lowest BCUT2D eigenvalue weighted by Crippen LogP contribution is -2.02. The number of aryl methyl sites for hydroxylation is 1. The first-order valence-electron chi connectivity index (χ1n) is 9.26. The van der Waals surface area contributed by atoms with E-state index in [4.69, 9.17) is 16.3 Å². The van der Waals surface area contributed by atoms with Gasteiger partial charge in [-0.25, -0.2) is 9.79 Å². The lowest BCUT2D eigenvalue weighted by molar-refractivity contribution is 0.0593. The van der Waals surface area contributed by atoms with Gasteiger partial charge in [0.05, 0.1) is 7.11 Å². The van der Waals surface area contributed by atoms with Crippen LogP contribution in [0.25, 0.3) is 11.6 Å². The zero-order valence-electron chi connectivity index (χ0n) is 17.0. The third kappa shape index (κ3) is 6.16. The van der Waals surface area contributed by atoms with Crippen molar-refractivity contribution < 1.29 is 9.53 Å². The van der Waals surface area contributed by atoms with Crippen LogP contribution in [0.15, 0.2) is 65.7 Å². The molecule has 0 aliphatic carbocycles. The molecule has 0 saturated carbocycles. The molecule has 0 radical (unpaired) electrons. The minimum Gasteiger partial charge on any atom is -0.464 e. The number of carbonyl (C=O) groups excluding carboxylic acids is 1. The van der Waals surface area contributed by atoms with Gasteiger partial charge < -0.3 is 4.74 Å². The Morgan fingerprint density at radius 3 is 2.38 bits per heavy atom. The number of hydrogen-bond donors (Lipinski definition) is 0. The van der Waals surface area contributed by atoms with Crippen LogP contribution in [0.5, 0.6) is 0 Å². The normalized spacial score (nSPS) is 11.1. The van der Waals surface area contributed by atoms with E-state index < -0.39 is 5.97 Å². The maximum Gasteiger partial charge on any atom is 0.358 e. The van der Waals surface area contributed by atoms with E-state index in [0.717, 1.165) is 16.7 Å². The van der Waals surface area contributed by atoms with E-state index in [1.165, 1.54) is 11.8 Å². The highest BCUT2D eigenvalue weighted by Crippen LogP contribution is 2.20. The molecule has 1 aromatic heterocycles. The standard InChI is InChI=1S/C21H18ClN3O2.C2H6/c1-25-20(13-19(24-25)21(26)27-2)23-14-17(16-6-4-3-5-7-16)12-15-8-10-18(22)11-9-15;1-2/h3-14H,1-2H3;1-2H3/b17-12-,23-14-;. The van der Waals surface area contributed by atoms with Crippen molar-refractivity contribution in [3.8, 4) is 0 Å². The van der Waals surface area contributed by atoms with E-state index >= 15 is 0 Å². The quantitative estimate of drug-likeness (QED) is 0.302. The Bertz CT molecular complexity index is 991. The van der Waals surface area contributed by atoms with Crippen molar-refractivity contribution in [3.05, 3.63) is 82.5 Å². The van der Waals surface area contributed by atoms with E-state index in [2.05, 4.69) is 10.1 Å². The number of halogens is 1. The van der Waals surface area contributed by atoms with Gasteiger partial charge in [0.1, 0.15) is 0 Å². The fourth-order valence-electron chi connectivity index (χ4n) is 2.48. The van der Waals surface area contributed by atoms with Crippen LogP contribution in [0.1, 0.15) is 35.5 Å². The SMILES string of the molecule is CC.COC(=O)c1cc(/N=C\C(=C\c2ccc(Cl)cc2)c2ccccc2)n(C)n1. The Morgan fingerprint density at radius 1 is 1.10 bits per heavy atom. The number of benzene rings is 2. The van der Waals surface area contributed by atoms with Crippen molar-refractivity contribution in [2.75, 3.05) is 7.11 Å². The maximum atomic E-state index is 11.6. The summed E-state index contributed by atoms with van der Waals surface area (Å²) in [5.74, 6) is 0.0559. The van der Waals surface area contributed by atoms with Crippen molar-refractivity contribution in [1.82, 2.24) is 9.78 Å². The van der Waals surface area contributed by atoms with Gasteiger partial charge in [0.15, 0.2) is 11.5 Å². The molecule has 150 valence electrons. The van der Waals surface area contributed by atoms with E-state index in [0.29, 0.717) is 10.8 Å². The molecule has 0 atom stereocenters. The summed E-state index contributed by atoms with van der Waals surface area (Å²) in [4.78, 5) is 16.1. The molecule has 0 spiro atoms. The zero-order valence-corrected chi connectivity index (χ0v) is 17.7. The second-order valence-electron chi connectivity index (χ2n) is 5.78. The monoisotopic (exact) mass is 409 g/mol. The summed E-state index contributed by atoms with van der Waals surface area (Å²) in [5, 5.41) is 4.81. The molecule has 1 heterocycles. The van der Waals surface area contributed by atoms with Crippen LogP contribution in [0.4, 0.5) is 5.82 Å². The second-order valence-corrected chi connectivity index (χ2v) is 6.21. The summed E-state index contributed by atoms with van der Waals surface area (Å²) in [6.07, 6.45) is 3.77. The Labute approximate surface area is 176 Å². The van der Waals surface area contributed by atoms with Gasteiger partial charge in [-0.3, -0.25) is 4.68 Å². The molecular weight excluding hydrogens is 386 g/mol. The van der Waals surface area contributed by atoms with Crippen LogP contribution in [0.2, 0.25) is 5.02 Å². The van der Waals surface area contributed by atoms with Crippen molar-refractivity contribution in [2.24, 2.45) is 12.0 Å². The van der Waals surface area contributed by atoms with Crippen LogP contribution < -0.4 is 0 Å². The van der Waals surface area contributed by atoms with E-state index in [1.807, 2.05) is 74.5 Å². The van der Waals surface area contributed by atoms with Crippen molar-refractivity contribution in [2.45, 2.75) is 13.8 Å². The summed E-state index contributed by atoms with van der Waals surface area (Å²) in [5.41, 5.74) is 3.16. The Morgan fingerprint density at radius 2 is 1.76 bits per heavy atom. The molecule has 29 heavy (non-hydrogen) atoms. The topological polar surface area (TPSA) is 56.5 Å². The second kappa shape index (κ2) is 11.0. The van der Waals surface area contributed by atoms with Crippen LogP contribution in [0.3, 0.4) is 0 Å². The third-order valence-corrected chi connectivity index (χ3v) is 4.14. The number of esters is 1. The van der Waals surface area contributed by atoms with Gasteiger partial charge in [-0.2, -0.15) is 5.10 Å². The summed E-state index contributed by atoms with van der Waals surface area (Å²) in [7, 11) is 3.05. The number of nitrogens with zero attached hydrogens (tertiary/aromatic N) is 3. The van der Waals surface area contributed by atoms with Crippen LogP contribution in [-0.4, -0.2) is 29.1 Å². The fourth-order valence-corrected chi connectivity index (χ4v) is 2.61. The number of hydrogen-bond acceptors (Lipinski definition) is 4. The molecule has 5 nitrogen and oxygen atoms in total. The van der Waals surface area contributed by atoms with Crippen LogP contribution in [-0.2, 0) is 11.8 Å². The number of rotatable bonds is 5. The predicted molar refractivity (Wildman–Crippen MR) is 120 cm³/mol. The lowest BCUT2D eigenvalue weighted by Gasteiger charge is -2.03. The van der Waals surface area contributed by atoms with Gasteiger partial charge in [0.2, 0.25) is 0 Å². The van der Waals surface area contributed by atoms with Gasteiger partial charge >= 0.3 is 5.97 Å². The summed E-state index contributed by atoms with van der Waals surface area (Å²) < 4.78 is 6.23. The number of carbonyl (C=O) groups is 1. The highest BCUT2D eigenvalue weighted by atomic mass is 35.5. The summed E-state index contributed by atoms with van der Waals surface area (Å²) in [6, 6.07) is 19.1. The molecule has 2 aromatic carbocycles. The van der Waals surface area contributed by atoms with E-state index in [9.17, 15) is 4.79 Å². The summed E-state index contributed by atoms with van der Waals surface area (Å²) >= 11 is 5.97. The zero-order chi connectivity index (χ0) is 21.2. The van der Waals surface area contributed by atoms with Crippen LogP contribution >= 0.6 is 11.6 Å². The van der Waals surface area contributed by atoms with Crippen LogP contribution in [0, 0.1) is 0 Å². The molecule has 0 aliphatic heterocycles. The largest absolute Gasteiger partial charge is 0.464 e. The average Bonchev–Trinajstić information content (AvgIpc) is 3.14. The van der Waals surface area contributed by atoms with Crippen molar-refractivity contribution in [3.63, 3.8) is 0 Å². The molecule has 0 bridgehead atoms. The Balaban J connectivity index is 0.00000145. The summed E-state index contributed by atoms with van der Waals surface area (Å²) in [6.45, 7) is 4.00. The minimum absolute atomic E-state index is 0.218. The van der Waals surface area contributed by atoms with Crippen molar-refractivity contribution >= 4 is 41.3 Å². The highest BCUT2D eigenvalue weighted by molar-refractivity contribution is 6.30. The molecular formula is C23H24ClN3O2. The average molecular weight is 410 g/mol. The Kier molecular flexibility index (Phi) is 8.37. The molecule has 0 unspecified atom stereocenters. The van der Waals surface area contributed by atoms with Crippen molar-refractivity contribution in [1.29, 1.82) is 0 Å². The van der Waals surface area contributed by atoms with Gasteiger partial charge in [0, 0.05) is 29.9 Å². The minimum atomic E-state index is -0.493. The highest BCUT2D eigenvalue weighted by Gasteiger charge is 2.12. The smallest absolute Gasteiger partial charge is 0.358 e. The first-order valence-corrected chi connectivity index (χ1v) is 9.64. The first-order chi connectivity index (χ1) is 14.1. The van der Waals surface area contributed by atoms with E-state index in [1.54, 1.807) is 19.3 Å². The molecule has 0 aliphatic rings. The predicted octanol–water partition coefficient (Wildman–Crippen LogP) is 5.83. The molecule has 0 N–H and O–H groups in total. The third-order valence-electron chi connectivity index (χ3n) is 3.88. The van der Waals surface area contributed by atoms with Gasteiger partial charge in [0.25, 0.3) is 0 Å². The number of ether oxygens (including phenoxy) is 1. The van der Waals surface area contributed by atoms with Gasteiger partial charge in [-0.1, -0.05) is 67.9 Å². The van der Waals surface area contributed by atoms with Gasteiger partial charge in [-0.05, 0) is 29.3 Å². The number of aliphatic imine (C=N–C) groups is 1. The first kappa shape index (κ1) is 22.1. The molecule has 0 fully saturated rings. The molecule has 3 aromatic rings. The molecule has 0 amide bonds. The maximum absolute atomic E-state index is 11.6. The van der Waals surface area contributed by atoms with E-state index in [-0.39, 0.29) is 5.69 Å². The number of aromatic nitrogens is 2. The molecule has 3 rings (SSSR count). The number of allylic oxidation sites excluding steroid dienone is 1. The lowest BCUT2D eigenvalue weighted by atomic mass is 10.0. The Hall–Kier alpha value is -3.18. The van der Waals surface area contributed by atoms with Gasteiger partial charge in [-0.15, -0.1) is 0 Å². The molecule has 0 saturated heterocycles. The fraction of sp³-hybridized carbons (Fsp3) is 0.174. The number of methoxy groups -OCH3 is 1.